The van der Waals surface area contributed by atoms with E-state index >= 15 is 0 Å². The molecule has 1 aromatic carbocycles. The lowest BCUT2D eigenvalue weighted by Gasteiger charge is -2.10. The summed E-state index contributed by atoms with van der Waals surface area (Å²) in [7, 11) is -2.05. The number of benzene rings is 1. The fourth-order valence-corrected chi connectivity index (χ4v) is 2.69. The average molecular weight is 272 g/mol. The third kappa shape index (κ3) is 4.29. The molecule has 0 aliphatic rings. The highest BCUT2D eigenvalue weighted by Crippen LogP contribution is 2.22. The summed E-state index contributed by atoms with van der Waals surface area (Å²) >= 11 is 0. The van der Waals surface area contributed by atoms with Crippen LogP contribution in [-0.2, 0) is 10.0 Å². The maximum Gasteiger partial charge on any atom is 0.244 e. The Kier molecular flexibility index (Phi) is 6.11. The van der Waals surface area contributed by atoms with E-state index in [9.17, 15) is 8.42 Å². The Labute approximate surface area is 109 Å². The normalized spacial score (nSPS) is 11.4. The maximum atomic E-state index is 12.0. The minimum atomic E-state index is -3.51. The quantitative estimate of drug-likeness (QED) is 0.692. The van der Waals surface area contributed by atoms with E-state index in [0.29, 0.717) is 18.8 Å². The number of hydrogen-bond acceptors (Lipinski definition) is 4. The van der Waals surface area contributed by atoms with Crippen LogP contribution >= 0.6 is 0 Å². The molecular formula is C12H20N2O3S. The van der Waals surface area contributed by atoms with Crippen molar-refractivity contribution < 1.29 is 13.2 Å². The van der Waals surface area contributed by atoms with Gasteiger partial charge in [-0.3, -0.25) is 0 Å². The van der Waals surface area contributed by atoms with Crippen molar-refractivity contribution in [2.75, 3.05) is 26.7 Å². The zero-order valence-electron chi connectivity index (χ0n) is 10.8. The van der Waals surface area contributed by atoms with Crippen molar-refractivity contribution in [2.24, 2.45) is 0 Å². The molecule has 0 unspecified atom stereocenters. The highest BCUT2D eigenvalue weighted by molar-refractivity contribution is 7.89. The second-order valence-corrected chi connectivity index (χ2v) is 5.53. The van der Waals surface area contributed by atoms with Crippen LogP contribution in [0.15, 0.2) is 29.2 Å². The second-order valence-electron chi connectivity index (χ2n) is 3.80. The first kappa shape index (κ1) is 14.9. The van der Waals surface area contributed by atoms with Crippen LogP contribution in [0.5, 0.6) is 5.75 Å². The highest BCUT2D eigenvalue weighted by Gasteiger charge is 2.17. The minimum Gasteiger partial charge on any atom is -0.495 e. The third-order valence-corrected chi connectivity index (χ3v) is 3.88. The van der Waals surface area contributed by atoms with Crippen LogP contribution in [0.2, 0.25) is 0 Å². The number of rotatable bonds is 8. The van der Waals surface area contributed by atoms with Crippen molar-refractivity contribution in [2.45, 2.75) is 18.2 Å². The van der Waals surface area contributed by atoms with Crippen LogP contribution in [-0.4, -0.2) is 35.2 Å². The SMILES string of the molecule is CCCNCCNS(=O)(=O)c1ccccc1OC. The molecule has 0 radical (unpaired) electrons. The smallest absolute Gasteiger partial charge is 0.244 e. The van der Waals surface area contributed by atoms with Gasteiger partial charge in [0.15, 0.2) is 0 Å². The lowest BCUT2D eigenvalue weighted by molar-refractivity contribution is 0.402. The first-order valence-electron chi connectivity index (χ1n) is 5.95. The lowest BCUT2D eigenvalue weighted by Crippen LogP contribution is -2.32. The van der Waals surface area contributed by atoms with Gasteiger partial charge >= 0.3 is 0 Å². The van der Waals surface area contributed by atoms with E-state index in [1.165, 1.54) is 13.2 Å². The van der Waals surface area contributed by atoms with Crippen LogP contribution in [0, 0.1) is 0 Å². The molecule has 0 saturated carbocycles. The van der Waals surface area contributed by atoms with E-state index in [2.05, 4.69) is 17.0 Å². The third-order valence-electron chi connectivity index (χ3n) is 2.38. The standard InChI is InChI=1S/C12H20N2O3S/c1-3-8-13-9-10-14-18(15,16)12-7-5-4-6-11(12)17-2/h4-7,13-14H,3,8-10H2,1-2H3. The van der Waals surface area contributed by atoms with Gasteiger partial charge in [-0.25, -0.2) is 13.1 Å². The summed E-state index contributed by atoms with van der Waals surface area (Å²) in [5.41, 5.74) is 0. The molecule has 0 bridgehead atoms. The van der Waals surface area contributed by atoms with Crippen molar-refractivity contribution in [1.82, 2.24) is 10.0 Å². The topological polar surface area (TPSA) is 67.4 Å². The van der Waals surface area contributed by atoms with Gasteiger partial charge in [-0.05, 0) is 25.1 Å². The molecule has 0 atom stereocenters. The number of methoxy groups -OCH3 is 1. The minimum absolute atomic E-state index is 0.169. The second kappa shape index (κ2) is 7.35. The summed E-state index contributed by atoms with van der Waals surface area (Å²) in [6, 6.07) is 6.57. The molecule has 1 rings (SSSR count). The Hall–Kier alpha value is -1.11. The van der Waals surface area contributed by atoms with E-state index in [0.717, 1.165) is 13.0 Å². The molecule has 2 N–H and O–H groups in total. The first-order valence-corrected chi connectivity index (χ1v) is 7.43. The van der Waals surface area contributed by atoms with Gasteiger partial charge in [0.1, 0.15) is 10.6 Å². The molecule has 102 valence electrons. The van der Waals surface area contributed by atoms with Crippen LogP contribution < -0.4 is 14.8 Å². The van der Waals surface area contributed by atoms with Gasteiger partial charge in [0, 0.05) is 13.1 Å². The largest absolute Gasteiger partial charge is 0.495 e. The molecule has 0 aliphatic carbocycles. The monoisotopic (exact) mass is 272 g/mol. The maximum absolute atomic E-state index is 12.0. The fraction of sp³-hybridized carbons (Fsp3) is 0.500. The molecule has 1 aromatic rings. The fourth-order valence-electron chi connectivity index (χ4n) is 1.49. The molecule has 0 heterocycles. The number of hydrogen-bond donors (Lipinski definition) is 2. The van der Waals surface area contributed by atoms with Crippen molar-refractivity contribution in [3.05, 3.63) is 24.3 Å². The van der Waals surface area contributed by atoms with E-state index in [-0.39, 0.29) is 4.90 Å². The van der Waals surface area contributed by atoms with Gasteiger partial charge in [-0.15, -0.1) is 0 Å². The molecule has 0 amide bonds. The molecule has 0 saturated heterocycles. The van der Waals surface area contributed by atoms with Crippen LogP contribution in [0.25, 0.3) is 0 Å². The summed E-state index contributed by atoms with van der Waals surface area (Å²) in [5.74, 6) is 0.353. The molecule has 0 aliphatic heterocycles. The summed E-state index contributed by atoms with van der Waals surface area (Å²) in [6.07, 6.45) is 1.03. The lowest BCUT2D eigenvalue weighted by atomic mass is 10.3. The number of para-hydroxylation sites is 1. The van der Waals surface area contributed by atoms with E-state index in [1.807, 2.05) is 0 Å². The van der Waals surface area contributed by atoms with Gasteiger partial charge in [0.05, 0.1) is 7.11 Å². The number of nitrogens with one attached hydrogen (secondary N) is 2. The van der Waals surface area contributed by atoms with Crippen LogP contribution in [0.3, 0.4) is 0 Å². The molecule has 0 spiro atoms. The van der Waals surface area contributed by atoms with Gasteiger partial charge in [0.25, 0.3) is 0 Å². The van der Waals surface area contributed by atoms with Crippen LogP contribution in [0.1, 0.15) is 13.3 Å². The molecule has 18 heavy (non-hydrogen) atoms. The zero-order chi connectivity index (χ0) is 13.4. The van der Waals surface area contributed by atoms with Gasteiger partial charge in [0.2, 0.25) is 10.0 Å². The Morgan fingerprint density at radius 3 is 2.56 bits per heavy atom. The zero-order valence-corrected chi connectivity index (χ0v) is 11.6. The summed E-state index contributed by atoms with van der Waals surface area (Å²) in [6.45, 7) is 3.92. The molecule has 0 aromatic heterocycles. The first-order chi connectivity index (χ1) is 8.61. The van der Waals surface area contributed by atoms with Crippen LogP contribution in [0.4, 0.5) is 0 Å². The van der Waals surface area contributed by atoms with Crippen molar-refractivity contribution in [3.63, 3.8) is 0 Å². The molecular weight excluding hydrogens is 252 g/mol. The molecule has 0 fully saturated rings. The summed E-state index contributed by atoms with van der Waals surface area (Å²) in [5, 5.41) is 3.13. The van der Waals surface area contributed by atoms with Crippen molar-refractivity contribution in [3.8, 4) is 5.75 Å². The molecule has 5 nitrogen and oxygen atoms in total. The van der Waals surface area contributed by atoms with Gasteiger partial charge in [-0.1, -0.05) is 19.1 Å². The Morgan fingerprint density at radius 1 is 1.17 bits per heavy atom. The highest BCUT2D eigenvalue weighted by atomic mass is 32.2. The predicted molar refractivity (Wildman–Crippen MR) is 71.3 cm³/mol. The molecule has 6 heteroatoms. The Morgan fingerprint density at radius 2 is 1.89 bits per heavy atom. The number of sulfonamides is 1. The average Bonchev–Trinajstić information content (AvgIpc) is 2.38. The number of ether oxygens (including phenoxy) is 1. The van der Waals surface area contributed by atoms with Gasteiger partial charge < -0.3 is 10.1 Å². The Bertz CT molecular complexity index is 460. The van der Waals surface area contributed by atoms with E-state index in [1.54, 1.807) is 18.2 Å². The summed E-state index contributed by atoms with van der Waals surface area (Å²) < 4.78 is 31.6. The Balaban J connectivity index is 2.63. The van der Waals surface area contributed by atoms with E-state index < -0.39 is 10.0 Å². The predicted octanol–water partition coefficient (Wildman–Crippen LogP) is 0.973. The van der Waals surface area contributed by atoms with Crippen molar-refractivity contribution >= 4 is 10.0 Å². The van der Waals surface area contributed by atoms with Gasteiger partial charge in [-0.2, -0.15) is 0 Å². The summed E-state index contributed by atoms with van der Waals surface area (Å²) in [4.78, 5) is 0.169. The van der Waals surface area contributed by atoms with Crippen molar-refractivity contribution in [1.29, 1.82) is 0 Å². The van der Waals surface area contributed by atoms with E-state index in [4.69, 9.17) is 4.74 Å².